The van der Waals surface area contributed by atoms with Gasteiger partial charge < -0.3 is 4.90 Å². The third kappa shape index (κ3) is 2.60. The zero-order valence-corrected chi connectivity index (χ0v) is 17.8. The van der Waals surface area contributed by atoms with Crippen LogP contribution in [0.15, 0.2) is 11.8 Å². The van der Waals surface area contributed by atoms with E-state index in [1.165, 1.54) is 64.5 Å². The second-order valence-corrected chi connectivity index (χ2v) is 11.3. The number of hydrogen-bond acceptors (Lipinski definition) is 2. The van der Waals surface area contributed by atoms with Crippen molar-refractivity contribution in [3.05, 3.63) is 11.8 Å². The lowest BCUT2D eigenvalue weighted by atomic mass is 9.43. The molecule has 5 aliphatic rings. The number of fused-ring (bicyclic) bond motifs is 5. The molecule has 2 nitrogen and oxygen atoms in total. The molecule has 3 saturated carbocycles. The van der Waals surface area contributed by atoms with Crippen LogP contribution < -0.4 is 0 Å². The van der Waals surface area contributed by atoms with Gasteiger partial charge in [-0.05, 0) is 86.4 Å². The molecule has 0 bridgehead atoms. The van der Waals surface area contributed by atoms with E-state index in [-0.39, 0.29) is 0 Å². The largest absolute Gasteiger partial charge is 0.375 e. The first-order chi connectivity index (χ1) is 12.9. The fourth-order valence-corrected chi connectivity index (χ4v) is 8.60. The molecule has 2 heteroatoms. The standard InChI is InChI=1S/C25H39NO/c1-17-15-18-16-19(27)9-11-24(18,2)21-10-12-25(3)20(23(17)21)7-8-22(25)26-13-5-4-6-14-26/h8,17-18,20-21,23H,4-7,9-16H2,1-3H3/t17-,18?,20+,21+,23+,24+,25+/m1/s1. The van der Waals surface area contributed by atoms with Crippen molar-refractivity contribution in [3.8, 4) is 0 Å². The average molecular weight is 370 g/mol. The first-order valence-electron chi connectivity index (χ1n) is 11.9. The summed E-state index contributed by atoms with van der Waals surface area (Å²) in [6, 6.07) is 0. The van der Waals surface area contributed by atoms with Gasteiger partial charge in [-0.25, -0.2) is 0 Å². The number of nitrogens with zero attached hydrogens (tertiary/aromatic N) is 1. The van der Waals surface area contributed by atoms with Gasteiger partial charge in [0.25, 0.3) is 0 Å². The van der Waals surface area contributed by atoms with E-state index in [1.54, 1.807) is 5.70 Å². The van der Waals surface area contributed by atoms with Crippen molar-refractivity contribution in [3.63, 3.8) is 0 Å². The maximum absolute atomic E-state index is 12.2. The number of piperidine rings is 1. The topological polar surface area (TPSA) is 20.3 Å². The second-order valence-electron chi connectivity index (χ2n) is 11.3. The van der Waals surface area contributed by atoms with Crippen LogP contribution in [0.3, 0.4) is 0 Å². The van der Waals surface area contributed by atoms with E-state index >= 15 is 0 Å². The van der Waals surface area contributed by atoms with Gasteiger partial charge in [0.2, 0.25) is 0 Å². The molecule has 0 amide bonds. The van der Waals surface area contributed by atoms with Crippen molar-refractivity contribution in [2.24, 2.45) is 40.4 Å². The zero-order chi connectivity index (χ0) is 18.8. The first kappa shape index (κ1) is 18.3. The summed E-state index contributed by atoms with van der Waals surface area (Å²) in [5, 5.41) is 0. The molecule has 0 radical (unpaired) electrons. The highest BCUT2D eigenvalue weighted by atomic mass is 16.1. The third-order valence-electron chi connectivity index (χ3n) is 10.1. The Hall–Kier alpha value is -0.790. The van der Waals surface area contributed by atoms with E-state index < -0.39 is 0 Å². The van der Waals surface area contributed by atoms with Crippen LogP contribution in [0, 0.1) is 40.4 Å². The summed E-state index contributed by atoms with van der Waals surface area (Å²) in [4.78, 5) is 14.9. The van der Waals surface area contributed by atoms with Crippen LogP contribution in [0.25, 0.3) is 0 Å². The van der Waals surface area contributed by atoms with Gasteiger partial charge in [0.15, 0.2) is 0 Å². The normalized spacial score (nSPS) is 49.9. The molecule has 27 heavy (non-hydrogen) atoms. The summed E-state index contributed by atoms with van der Waals surface area (Å²) in [6.45, 7) is 10.3. The summed E-state index contributed by atoms with van der Waals surface area (Å²) < 4.78 is 0. The van der Waals surface area contributed by atoms with E-state index in [4.69, 9.17) is 0 Å². The van der Waals surface area contributed by atoms with Crippen molar-refractivity contribution in [2.75, 3.05) is 13.1 Å². The Bertz CT molecular complexity index is 647. The van der Waals surface area contributed by atoms with Crippen LogP contribution in [0.5, 0.6) is 0 Å². The summed E-state index contributed by atoms with van der Waals surface area (Å²) in [5.74, 6) is 4.56. The maximum Gasteiger partial charge on any atom is 0.133 e. The molecule has 4 aliphatic carbocycles. The Morgan fingerprint density at radius 3 is 2.63 bits per heavy atom. The fraction of sp³-hybridized carbons (Fsp3) is 0.880. The first-order valence-corrected chi connectivity index (χ1v) is 11.9. The highest BCUT2D eigenvalue weighted by molar-refractivity contribution is 5.79. The molecular formula is C25H39NO. The minimum atomic E-state index is 0.417. The van der Waals surface area contributed by atoms with Gasteiger partial charge in [0.1, 0.15) is 5.78 Å². The lowest BCUT2D eigenvalue weighted by molar-refractivity contribution is -0.146. The summed E-state index contributed by atoms with van der Waals surface area (Å²) in [7, 11) is 0. The summed E-state index contributed by atoms with van der Waals surface area (Å²) in [6.07, 6.45) is 15.1. The van der Waals surface area contributed by atoms with E-state index in [1.807, 2.05) is 0 Å². The smallest absolute Gasteiger partial charge is 0.133 e. The Balaban J connectivity index is 1.43. The van der Waals surface area contributed by atoms with Gasteiger partial charge in [-0.2, -0.15) is 0 Å². The number of ketones is 1. The van der Waals surface area contributed by atoms with Crippen molar-refractivity contribution in [1.29, 1.82) is 0 Å². The molecule has 0 aromatic heterocycles. The van der Waals surface area contributed by atoms with Crippen molar-refractivity contribution in [1.82, 2.24) is 4.90 Å². The molecule has 0 aromatic carbocycles. The van der Waals surface area contributed by atoms with Crippen LogP contribution in [0.2, 0.25) is 0 Å². The quantitative estimate of drug-likeness (QED) is 0.580. The summed E-state index contributed by atoms with van der Waals surface area (Å²) >= 11 is 0. The molecule has 1 aliphatic heterocycles. The molecule has 4 fully saturated rings. The monoisotopic (exact) mass is 369 g/mol. The molecule has 5 rings (SSSR count). The van der Waals surface area contributed by atoms with E-state index in [0.717, 1.165) is 36.5 Å². The Morgan fingerprint density at radius 2 is 1.85 bits per heavy atom. The van der Waals surface area contributed by atoms with Gasteiger partial charge in [-0.1, -0.05) is 26.8 Å². The Kier molecular flexibility index (Phi) is 4.30. The minimum Gasteiger partial charge on any atom is -0.375 e. The molecule has 0 spiro atoms. The molecule has 0 N–H and O–H groups in total. The summed E-state index contributed by atoms with van der Waals surface area (Å²) in [5.41, 5.74) is 2.57. The van der Waals surface area contributed by atoms with Crippen molar-refractivity contribution >= 4 is 5.78 Å². The number of carbonyl (C=O) groups excluding carboxylic acids is 1. The molecule has 1 saturated heterocycles. The van der Waals surface area contributed by atoms with Crippen LogP contribution >= 0.6 is 0 Å². The van der Waals surface area contributed by atoms with Crippen LogP contribution in [0.1, 0.15) is 85.0 Å². The molecule has 1 unspecified atom stereocenters. The second kappa shape index (κ2) is 6.36. The number of Topliss-reactive ketones (excluding diaryl/α,β-unsaturated/α-hetero) is 1. The van der Waals surface area contributed by atoms with Crippen LogP contribution in [0.4, 0.5) is 0 Å². The molecule has 150 valence electrons. The van der Waals surface area contributed by atoms with E-state index in [2.05, 4.69) is 31.7 Å². The average Bonchev–Trinajstić information content (AvgIpc) is 3.01. The number of likely N-dealkylation sites (tertiary alicyclic amines) is 1. The van der Waals surface area contributed by atoms with Crippen LogP contribution in [-0.2, 0) is 4.79 Å². The lowest BCUT2D eigenvalue weighted by Crippen LogP contribution is -2.56. The minimum absolute atomic E-state index is 0.417. The number of carbonyl (C=O) groups is 1. The van der Waals surface area contributed by atoms with Crippen molar-refractivity contribution in [2.45, 2.75) is 85.0 Å². The lowest BCUT2D eigenvalue weighted by Gasteiger charge is -2.62. The molecule has 0 aromatic rings. The number of hydrogen-bond donors (Lipinski definition) is 0. The predicted octanol–water partition coefficient (Wildman–Crippen LogP) is 5.82. The van der Waals surface area contributed by atoms with Gasteiger partial charge in [0.05, 0.1) is 0 Å². The van der Waals surface area contributed by atoms with Crippen LogP contribution in [-0.4, -0.2) is 23.8 Å². The predicted molar refractivity (Wildman–Crippen MR) is 110 cm³/mol. The van der Waals surface area contributed by atoms with Gasteiger partial charge in [-0.3, -0.25) is 4.79 Å². The van der Waals surface area contributed by atoms with Gasteiger partial charge >= 0.3 is 0 Å². The Labute approximate surface area is 166 Å². The maximum atomic E-state index is 12.2. The third-order valence-corrected chi connectivity index (χ3v) is 10.1. The molecular weight excluding hydrogens is 330 g/mol. The highest BCUT2D eigenvalue weighted by Gasteiger charge is 2.60. The highest BCUT2D eigenvalue weighted by Crippen LogP contribution is 2.67. The van der Waals surface area contributed by atoms with E-state index in [9.17, 15) is 4.79 Å². The SMILES string of the molecule is C[C@@H]1CC2CC(=O)CC[C@]2(C)[C@H]2CC[C@]3(C)C(N4CCCCC4)=CC[C@H]3[C@H]12. The van der Waals surface area contributed by atoms with Crippen molar-refractivity contribution < 1.29 is 4.79 Å². The van der Waals surface area contributed by atoms with Gasteiger partial charge in [-0.15, -0.1) is 0 Å². The molecule has 7 atom stereocenters. The zero-order valence-electron chi connectivity index (χ0n) is 17.8. The number of rotatable bonds is 1. The fourth-order valence-electron chi connectivity index (χ4n) is 8.60. The number of allylic oxidation sites excluding steroid dienone is 2. The Morgan fingerprint density at radius 1 is 1.07 bits per heavy atom. The van der Waals surface area contributed by atoms with E-state index in [0.29, 0.717) is 22.5 Å². The molecule has 1 heterocycles. The van der Waals surface area contributed by atoms with Gasteiger partial charge in [0, 0.05) is 37.0 Å².